The van der Waals surface area contributed by atoms with E-state index in [0.717, 1.165) is 29.1 Å². The lowest BCUT2D eigenvalue weighted by atomic mass is 9.83. The molecule has 0 bridgehead atoms. The number of rotatable bonds is 5. The van der Waals surface area contributed by atoms with Gasteiger partial charge in [0.25, 0.3) is 0 Å². The number of hydrogen-bond acceptors (Lipinski definition) is 2. The van der Waals surface area contributed by atoms with E-state index in [1.165, 1.54) is 37.1 Å². The van der Waals surface area contributed by atoms with Crippen molar-refractivity contribution in [1.82, 2.24) is 5.32 Å². The highest BCUT2D eigenvalue weighted by atomic mass is 35.5. The van der Waals surface area contributed by atoms with Crippen LogP contribution in [-0.4, -0.2) is 13.1 Å². The van der Waals surface area contributed by atoms with Crippen molar-refractivity contribution in [3.05, 3.63) is 21.3 Å². The zero-order chi connectivity index (χ0) is 12.1. The van der Waals surface area contributed by atoms with Gasteiger partial charge in [0.15, 0.2) is 0 Å². The molecule has 0 atom stereocenters. The fourth-order valence-corrected chi connectivity index (χ4v) is 3.62. The minimum absolute atomic E-state index is 0.904. The molecule has 17 heavy (non-hydrogen) atoms. The molecule has 0 unspecified atom stereocenters. The Kier molecular flexibility index (Phi) is 5.33. The highest BCUT2D eigenvalue weighted by Crippen LogP contribution is 2.27. The van der Waals surface area contributed by atoms with Crippen LogP contribution in [0.2, 0.25) is 4.34 Å². The average Bonchev–Trinajstić information content (AvgIpc) is 2.73. The van der Waals surface area contributed by atoms with Crippen molar-refractivity contribution in [2.75, 3.05) is 13.1 Å². The van der Waals surface area contributed by atoms with E-state index in [1.54, 1.807) is 11.3 Å². The molecule has 3 heteroatoms. The van der Waals surface area contributed by atoms with Crippen LogP contribution in [0.4, 0.5) is 0 Å². The second-order valence-electron chi connectivity index (χ2n) is 5.29. The summed E-state index contributed by atoms with van der Waals surface area (Å²) < 4.78 is 0.904. The van der Waals surface area contributed by atoms with Crippen LogP contribution in [0.25, 0.3) is 0 Å². The van der Waals surface area contributed by atoms with Gasteiger partial charge in [-0.3, -0.25) is 0 Å². The molecule has 1 fully saturated rings. The fraction of sp³-hybridized carbons (Fsp3) is 0.714. The van der Waals surface area contributed by atoms with Crippen molar-refractivity contribution in [3.8, 4) is 0 Å². The van der Waals surface area contributed by atoms with Gasteiger partial charge in [0.1, 0.15) is 0 Å². The van der Waals surface area contributed by atoms with Gasteiger partial charge in [-0.05, 0) is 56.3 Å². The van der Waals surface area contributed by atoms with E-state index in [-0.39, 0.29) is 0 Å². The Bertz CT molecular complexity index is 329. The Morgan fingerprint density at radius 3 is 2.71 bits per heavy atom. The normalized spacial score (nSPS) is 25.1. The predicted octanol–water partition coefficient (Wildman–Crippen LogP) is 4.36. The van der Waals surface area contributed by atoms with Crippen LogP contribution in [-0.2, 0) is 6.42 Å². The minimum Gasteiger partial charge on any atom is -0.316 e. The summed E-state index contributed by atoms with van der Waals surface area (Å²) in [6.07, 6.45) is 6.79. The van der Waals surface area contributed by atoms with Crippen LogP contribution in [0.3, 0.4) is 0 Å². The summed E-state index contributed by atoms with van der Waals surface area (Å²) in [7, 11) is 0. The second-order valence-corrected chi connectivity index (χ2v) is 7.09. The van der Waals surface area contributed by atoms with Crippen LogP contribution < -0.4 is 5.32 Å². The molecule has 1 N–H and O–H groups in total. The van der Waals surface area contributed by atoms with Crippen LogP contribution in [0, 0.1) is 11.8 Å². The molecule has 2 rings (SSSR count). The highest BCUT2D eigenvalue weighted by Gasteiger charge is 2.17. The van der Waals surface area contributed by atoms with E-state index in [0.29, 0.717) is 0 Å². The highest BCUT2D eigenvalue weighted by molar-refractivity contribution is 7.16. The van der Waals surface area contributed by atoms with Gasteiger partial charge >= 0.3 is 0 Å². The zero-order valence-electron chi connectivity index (χ0n) is 10.5. The minimum atomic E-state index is 0.904. The number of halogens is 1. The molecule has 0 spiro atoms. The van der Waals surface area contributed by atoms with Gasteiger partial charge in [0.05, 0.1) is 4.34 Å². The Balaban J connectivity index is 1.57. The van der Waals surface area contributed by atoms with Crippen molar-refractivity contribution in [2.45, 2.75) is 39.0 Å². The van der Waals surface area contributed by atoms with Gasteiger partial charge in [-0.2, -0.15) is 0 Å². The molecule has 1 nitrogen and oxygen atoms in total. The van der Waals surface area contributed by atoms with Crippen molar-refractivity contribution in [1.29, 1.82) is 0 Å². The summed E-state index contributed by atoms with van der Waals surface area (Å²) in [6, 6.07) is 4.13. The average molecular weight is 272 g/mol. The lowest BCUT2D eigenvalue weighted by molar-refractivity contribution is 0.282. The van der Waals surface area contributed by atoms with Gasteiger partial charge in [0, 0.05) is 4.88 Å². The largest absolute Gasteiger partial charge is 0.316 e. The molecule has 1 aromatic rings. The first kappa shape index (κ1) is 13.4. The second kappa shape index (κ2) is 6.77. The van der Waals surface area contributed by atoms with E-state index in [2.05, 4.69) is 18.3 Å². The molecule has 0 aliphatic heterocycles. The Hall–Kier alpha value is -0.0500. The quantitative estimate of drug-likeness (QED) is 0.785. The van der Waals surface area contributed by atoms with E-state index in [4.69, 9.17) is 11.6 Å². The van der Waals surface area contributed by atoms with Crippen molar-refractivity contribution in [3.63, 3.8) is 0 Å². The molecule has 96 valence electrons. The Labute approximate surface area is 114 Å². The maximum Gasteiger partial charge on any atom is 0.0931 e. The first-order valence-corrected chi connectivity index (χ1v) is 7.88. The summed E-state index contributed by atoms with van der Waals surface area (Å²) in [6.45, 7) is 4.67. The van der Waals surface area contributed by atoms with Gasteiger partial charge in [0.2, 0.25) is 0 Å². The molecular weight excluding hydrogens is 250 g/mol. The number of thiophene rings is 1. The van der Waals surface area contributed by atoms with Crippen molar-refractivity contribution in [2.24, 2.45) is 11.8 Å². The molecule has 1 heterocycles. The van der Waals surface area contributed by atoms with E-state index >= 15 is 0 Å². The molecule has 1 aliphatic rings. The summed E-state index contributed by atoms with van der Waals surface area (Å²) in [5.74, 6) is 1.87. The monoisotopic (exact) mass is 271 g/mol. The molecule has 1 aliphatic carbocycles. The molecule has 0 amide bonds. The van der Waals surface area contributed by atoms with Crippen LogP contribution in [0.5, 0.6) is 0 Å². The first-order valence-electron chi connectivity index (χ1n) is 6.69. The Morgan fingerprint density at radius 1 is 1.29 bits per heavy atom. The number of hydrogen-bond donors (Lipinski definition) is 1. The lowest BCUT2D eigenvalue weighted by Crippen LogP contribution is -2.27. The summed E-state index contributed by atoms with van der Waals surface area (Å²) >= 11 is 7.61. The Morgan fingerprint density at radius 2 is 2.06 bits per heavy atom. The van der Waals surface area contributed by atoms with Crippen LogP contribution >= 0.6 is 22.9 Å². The number of nitrogens with one attached hydrogen (secondary N) is 1. The molecule has 1 aromatic heterocycles. The van der Waals surface area contributed by atoms with Gasteiger partial charge in [-0.15, -0.1) is 11.3 Å². The van der Waals surface area contributed by atoms with Crippen molar-refractivity contribution >= 4 is 22.9 Å². The third-order valence-corrected chi connectivity index (χ3v) is 5.04. The predicted molar refractivity (Wildman–Crippen MR) is 77.0 cm³/mol. The molecule has 1 saturated carbocycles. The van der Waals surface area contributed by atoms with Gasteiger partial charge in [-0.25, -0.2) is 0 Å². The van der Waals surface area contributed by atoms with Gasteiger partial charge in [-0.1, -0.05) is 31.4 Å². The maximum absolute atomic E-state index is 5.91. The molecule has 0 radical (unpaired) electrons. The topological polar surface area (TPSA) is 12.0 Å². The molecular formula is C14H22ClNS. The molecule has 0 aromatic carbocycles. The first-order chi connectivity index (χ1) is 8.24. The van der Waals surface area contributed by atoms with E-state index < -0.39 is 0 Å². The third kappa shape index (κ3) is 4.61. The van der Waals surface area contributed by atoms with Crippen LogP contribution in [0.1, 0.15) is 37.5 Å². The SMILES string of the molecule is CC1CCC(CNCCc2ccc(Cl)s2)CC1. The summed E-state index contributed by atoms with van der Waals surface area (Å²) in [5.41, 5.74) is 0. The van der Waals surface area contributed by atoms with E-state index in [1.807, 2.05) is 6.07 Å². The fourth-order valence-electron chi connectivity index (χ4n) is 2.54. The third-order valence-electron chi connectivity index (χ3n) is 3.75. The summed E-state index contributed by atoms with van der Waals surface area (Å²) in [4.78, 5) is 1.39. The van der Waals surface area contributed by atoms with Crippen molar-refractivity contribution < 1.29 is 0 Å². The van der Waals surface area contributed by atoms with E-state index in [9.17, 15) is 0 Å². The zero-order valence-corrected chi connectivity index (χ0v) is 12.1. The van der Waals surface area contributed by atoms with Gasteiger partial charge < -0.3 is 5.32 Å². The van der Waals surface area contributed by atoms with Crippen LogP contribution in [0.15, 0.2) is 12.1 Å². The smallest absolute Gasteiger partial charge is 0.0931 e. The lowest BCUT2D eigenvalue weighted by Gasteiger charge is -2.26. The maximum atomic E-state index is 5.91. The standard InChI is InChI=1S/C14H22ClNS/c1-11-2-4-12(5-3-11)10-16-9-8-13-6-7-14(15)17-13/h6-7,11-12,16H,2-5,8-10H2,1H3. The summed E-state index contributed by atoms with van der Waals surface area (Å²) in [5, 5.41) is 3.59. The molecule has 0 saturated heterocycles.